The van der Waals surface area contributed by atoms with Crippen molar-refractivity contribution >= 4 is 15.7 Å². The third-order valence-electron chi connectivity index (χ3n) is 2.74. The zero-order valence-corrected chi connectivity index (χ0v) is 12.0. The number of rotatable bonds is 5. The first-order valence-corrected chi connectivity index (χ1v) is 7.46. The smallest absolute Gasteiger partial charge is 0.263 e. The molecule has 112 valence electrons. The van der Waals surface area contributed by atoms with Gasteiger partial charge in [0.25, 0.3) is 10.0 Å². The van der Waals surface area contributed by atoms with Crippen LogP contribution in [0.3, 0.4) is 0 Å². The molecule has 8 heteroatoms. The van der Waals surface area contributed by atoms with Crippen molar-refractivity contribution in [2.45, 2.75) is 11.4 Å². The summed E-state index contributed by atoms with van der Waals surface area (Å²) in [6.45, 7) is -0.0162. The van der Waals surface area contributed by atoms with Crippen molar-refractivity contribution in [3.05, 3.63) is 48.0 Å². The van der Waals surface area contributed by atoms with Crippen molar-refractivity contribution in [1.82, 2.24) is 4.98 Å². The predicted octanol–water partition coefficient (Wildman–Crippen LogP) is 1.49. The lowest BCUT2D eigenvalue weighted by Gasteiger charge is -2.13. The molecular weight excluding hydrogens is 297 g/mol. The van der Waals surface area contributed by atoms with Crippen LogP contribution in [0.5, 0.6) is 5.75 Å². The van der Waals surface area contributed by atoms with Gasteiger partial charge in [-0.25, -0.2) is 12.8 Å². The molecule has 0 unspecified atom stereocenters. The quantitative estimate of drug-likeness (QED) is 0.872. The number of ether oxygens (including phenoxy) is 1. The Kier molecular flexibility index (Phi) is 4.39. The molecule has 0 atom stereocenters. The molecule has 2 aromatic rings. The van der Waals surface area contributed by atoms with E-state index in [0.717, 1.165) is 12.1 Å². The number of sulfonamides is 1. The minimum absolute atomic E-state index is 0.0162. The Hall–Kier alpha value is -2.19. The monoisotopic (exact) mass is 311 g/mol. The molecule has 1 aromatic carbocycles. The standard InChI is InChI=1S/C13H14FN3O3S/c1-20-12-7-9(14)4-5-10(12)17-21(18,19)13-3-2-6-16-11(13)8-15/h2-7,17H,8,15H2,1H3. The summed E-state index contributed by atoms with van der Waals surface area (Å²) in [5.74, 6) is -0.449. The van der Waals surface area contributed by atoms with E-state index < -0.39 is 15.8 Å². The highest BCUT2D eigenvalue weighted by Gasteiger charge is 2.20. The van der Waals surface area contributed by atoms with E-state index in [-0.39, 0.29) is 28.6 Å². The Morgan fingerprint density at radius 2 is 2.14 bits per heavy atom. The molecule has 0 aliphatic carbocycles. The fourth-order valence-electron chi connectivity index (χ4n) is 1.77. The molecule has 6 nitrogen and oxygen atoms in total. The van der Waals surface area contributed by atoms with E-state index >= 15 is 0 Å². The summed E-state index contributed by atoms with van der Waals surface area (Å²) in [7, 11) is -2.58. The maximum absolute atomic E-state index is 13.1. The summed E-state index contributed by atoms with van der Waals surface area (Å²) < 4.78 is 45.2. The van der Waals surface area contributed by atoms with Gasteiger partial charge in [0.1, 0.15) is 16.5 Å². The van der Waals surface area contributed by atoms with E-state index in [1.165, 1.54) is 31.5 Å². The van der Waals surface area contributed by atoms with Crippen molar-refractivity contribution in [2.24, 2.45) is 5.73 Å². The molecule has 0 spiro atoms. The third kappa shape index (κ3) is 3.29. The first kappa shape index (κ1) is 15.2. The second-order valence-electron chi connectivity index (χ2n) is 4.10. The van der Waals surface area contributed by atoms with Gasteiger partial charge in [-0.05, 0) is 24.3 Å². The highest BCUT2D eigenvalue weighted by molar-refractivity contribution is 7.92. The van der Waals surface area contributed by atoms with E-state index in [9.17, 15) is 12.8 Å². The van der Waals surface area contributed by atoms with Crippen LogP contribution >= 0.6 is 0 Å². The fourth-order valence-corrected chi connectivity index (χ4v) is 3.04. The van der Waals surface area contributed by atoms with E-state index in [1.54, 1.807) is 0 Å². The molecule has 21 heavy (non-hydrogen) atoms. The van der Waals surface area contributed by atoms with Crippen LogP contribution in [0, 0.1) is 5.82 Å². The van der Waals surface area contributed by atoms with E-state index in [0.29, 0.717) is 0 Å². The number of nitrogens with one attached hydrogen (secondary N) is 1. The molecular formula is C13H14FN3O3S. The minimum atomic E-state index is -3.90. The number of hydrogen-bond donors (Lipinski definition) is 2. The average Bonchev–Trinajstić information content (AvgIpc) is 2.48. The van der Waals surface area contributed by atoms with Crippen molar-refractivity contribution in [3.63, 3.8) is 0 Å². The highest BCUT2D eigenvalue weighted by atomic mass is 32.2. The molecule has 0 radical (unpaired) electrons. The summed E-state index contributed by atoms with van der Waals surface area (Å²) in [5.41, 5.74) is 5.86. The zero-order valence-electron chi connectivity index (χ0n) is 11.2. The maximum Gasteiger partial charge on any atom is 0.263 e. The van der Waals surface area contributed by atoms with Crippen LogP contribution in [0.1, 0.15) is 5.69 Å². The van der Waals surface area contributed by atoms with Gasteiger partial charge in [-0.3, -0.25) is 9.71 Å². The summed E-state index contributed by atoms with van der Waals surface area (Å²) in [6.07, 6.45) is 1.46. The topological polar surface area (TPSA) is 94.3 Å². The second kappa shape index (κ2) is 6.06. The van der Waals surface area contributed by atoms with Crippen LogP contribution in [0.4, 0.5) is 10.1 Å². The van der Waals surface area contributed by atoms with Gasteiger partial charge in [0.2, 0.25) is 0 Å². The molecule has 0 bridgehead atoms. The van der Waals surface area contributed by atoms with Crippen molar-refractivity contribution in [2.75, 3.05) is 11.8 Å². The summed E-state index contributed by atoms with van der Waals surface area (Å²) in [6, 6.07) is 6.39. The molecule has 0 fully saturated rings. The Morgan fingerprint density at radius 3 is 2.81 bits per heavy atom. The van der Waals surface area contributed by atoms with Gasteiger partial charge in [0.05, 0.1) is 18.5 Å². The number of benzene rings is 1. The Labute approximate surface area is 121 Å². The Morgan fingerprint density at radius 1 is 1.38 bits per heavy atom. The van der Waals surface area contributed by atoms with Crippen molar-refractivity contribution < 1.29 is 17.5 Å². The minimum Gasteiger partial charge on any atom is -0.494 e. The first-order valence-electron chi connectivity index (χ1n) is 5.98. The normalized spacial score (nSPS) is 11.2. The Bertz CT molecular complexity index is 750. The van der Waals surface area contributed by atoms with Gasteiger partial charge in [-0.1, -0.05) is 0 Å². The second-order valence-corrected chi connectivity index (χ2v) is 5.75. The van der Waals surface area contributed by atoms with E-state index in [2.05, 4.69) is 9.71 Å². The number of halogens is 1. The molecule has 3 N–H and O–H groups in total. The van der Waals surface area contributed by atoms with Gasteiger partial charge in [0, 0.05) is 18.8 Å². The highest BCUT2D eigenvalue weighted by Crippen LogP contribution is 2.27. The number of pyridine rings is 1. The van der Waals surface area contributed by atoms with Crippen LogP contribution < -0.4 is 15.2 Å². The average molecular weight is 311 g/mol. The van der Waals surface area contributed by atoms with Crippen LogP contribution in [0.2, 0.25) is 0 Å². The molecule has 0 saturated carbocycles. The number of nitrogens with zero attached hydrogens (tertiary/aromatic N) is 1. The fraction of sp³-hybridized carbons (Fsp3) is 0.154. The van der Waals surface area contributed by atoms with Gasteiger partial charge >= 0.3 is 0 Å². The molecule has 2 rings (SSSR count). The van der Waals surface area contributed by atoms with Gasteiger partial charge in [-0.2, -0.15) is 0 Å². The van der Waals surface area contributed by atoms with Crippen LogP contribution in [0.25, 0.3) is 0 Å². The van der Waals surface area contributed by atoms with Crippen LogP contribution in [0.15, 0.2) is 41.4 Å². The molecule has 1 heterocycles. The van der Waals surface area contributed by atoms with Gasteiger partial charge in [-0.15, -0.1) is 0 Å². The predicted molar refractivity (Wildman–Crippen MR) is 75.9 cm³/mol. The van der Waals surface area contributed by atoms with Crippen LogP contribution in [-0.4, -0.2) is 20.5 Å². The number of nitrogens with two attached hydrogens (primary N) is 1. The number of aromatic nitrogens is 1. The molecule has 1 aromatic heterocycles. The first-order chi connectivity index (χ1) is 9.97. The van der Waals surface area contributed by atoms with Gasteiger partial charge < -0.3 is 10.5 Å². The van der Waals surface area contributed by atoms with Crippen molar-refractivity contribution in [3.8, 4) is 5.75 Å². The Balaban J connectivity index is 2.42. The third-order valence-corrected chi connectivity index (χ3v) is 4.18. The number of methoxy groups -OCH3 is 1. The lowest BCUT2D eigenvalue weighted by molar-refractivity contribution is 0.413. The SMILES string of the molecule is COc1cc(F)ccc1NS(=O)(=O)c1cccnc1CN. The summed E-state index contributed by atoms with van der Waals surface area (Å²) in [4.78, 5) is 3.90. The summed E-state index contributed by atoms with van der Waals surface area (Å²) in [5, 5.41) is 0. The molecule has 0 saturated heterocycles. The molecule has 0 aliphatic heterocycles. The maximum atomic E-state index is 13.1. The lowest BCUT2D eigenvalue weighted by atomic mass is 10.3. The number of hydrogen-bond acceptors (Lipinski definition) is 5. The van der Waals surface area contributed by atoms with Gasteiger partial charge in [0.15, 0.2) is 0 Å². The number of anilines is 1. The van der Waals surface area contributed by atoms with Crippen molar-refractivity contribution in [1.29, 1.82) is 0 Å². The van der Waals surface area contributed by atoms with E-state index in [1.807, 2.05) is 0 Å². The zero-order chi connectivity index (χ0) is 15.5. The van der Waals surface area contributed by atoms with Crippen LogP contribution in [-0.2, 0) is 16.6 Å². The largest absolute Gasteiger partial charge is 0.494 e. The lowest BCUT2D eigenvalue weighted by Crippen LogP contribution is -2.17. The summed E-state index contributed by atoms with van der Waals surface area (Å²) >= 11 is 0. The molecule has 0 aliphatic rings. The molecule has 0 amide bonds. The van der Waals surface area contributed by atoms with E-state index in [4.69, 9.17) is 10.5 Å².